The maximum Gasteiger partial charge on any atom is 0.123 e. The third-order valence-corrected chi connectivity index (χ3v) is 7.79. The van der Waals surface area contributed by atoms with Gasteiger partial charge >= 0.3 is 0 Å². The van der Waals surface area contributed by atoms with Crippen LogP contribution in [0.5, 0.6) is 5.75 Å². The Labute approximate surface area is 207 Å². The number of aliphatic hydroxyl groups is 2. The Morgan fingerprint density at radius 2 is 1.76 bits per heavy atom. The van der Waals surface area contributed by atoms with Gasteiger partial charge in [0, 0.05) is 6.61 Å². The van der Waals surface area contributed by atoms with Gasteiger partial charge in [0.2, 0.25) is 0 Å². The molecule has 0 bridgehead atoms. The van der Waals surface area contributed by atoms with Crippen LogP contribution in [-0.2, 0) is 12.0 Å². The van der Waals surface area contributed by atoms with E-state index in [1.165, 1.54) is 43.2 Å². The zero-order chi connectivity index (χ0) is 24.4. The van der Waals surface area contributed by atoms with Gasteiger partial charge in [-0.1, -0.05) is 88.9 Å². The molecule has 0 amide bonds. The molecule has 2 N–H and O–H groups in total. The van der Waals surface area contributed by atoms with Crippen molar-refractivity contribution in [2.24, 2.45) is 5.92 Å². The van der Waals surface area contributed by atoms with Gasteiger partial charge in [-0.05, 0) is 78.5 Å². The number of aliphatic hydroxyl groups excluding tert-OH is 2. The van der Waals surface area contributed by atoms with Crippen molar-refractivity contribution < 1.29 is 14.9 Å². The molecule has 0 aromatic heterocycles. The van der Waals surface area contributed by atoms with Crippen molar-refractivity contribution in [3.63, 3.8) is 0 Å². The Kier molecular flexibility index (Phi) is 10.5. The van der Waals surface area contributed by atoms with E-state index in [9.17, 15) is 10.2 Å². The first-order chi connectivity index (χ1) is 16.4. The van der Waals surface area contributed by atoms with Crippen LogP contribution < -0.4 is 4.74 Å². The molecule has 0 spiro atoms. The first-order valence-electron chi connectivity index (χ1n) is 13.5. The Bertz CT molecular complexity index is 843. The fourth-order valence-electron chi connectivity index (χ4n) is 5.55. The lowest BCUT2D eigenvalue weighted by Gasteiger charge is -2.36. The van der Waals surface area contributed by atoms with Crippen molar-refractivity contribution in [2.75, 3.05) is 6.61 Å². The van der Waals surface area contributed by atoms with Crippen LogP contribution in [0.2, 0.25) is 0 Å². The lowest BCUT2D eigenvalue weighted by Crippen LogP contribution is -2.27. The lowest BCUT2D eigenvalue weighted by atomic mass is 9.71. The Hall–Kier alpha value is -1.84. The molecular weight excluding hydrogens is 420 g/mol. The maximum atomic E-state index is 10.5. The standard InChI is InChI=1S/C31H46O3/c1-4-5-6-10-19-31(2,3)26-16-18-28(29-22-27(33)17-15-25(29)14-11-20-32)30(21-26)34-23-24-12-8-7-9-13-24/h7-9,12-13,16,18,21,25,27,29,32-33H,4-6,10-11,14-15,17,19-20,22-23H2,1-3H3/t25-,27-,29-/m1/s1. The summed E-state index contributed by atoms with van der Waals surface area (Å²) in [5.74, 6) is 1.71. The highest BCUT2D eigenvalue weighted by Gasteiger charge is 2.33. The highest BCUT2D eigenvalue weighted by molar-refractivity contribution is 5.43. The molecule has 1 aliphatic rings. The summed E-state index contributed by atoms with van der Waals surface area (Å²) in [4.78, 5) is 0. The molecular formula is C31H46O3. The van der Waals surface area contributed by atoms with E-state index in [1.54, 1.807) is 0 Å². The minimum absolute atomic E-state index is 0.0967. The number of rotatable bonds is 13. The van der Waals surface area contributed by atoms with Gasteiger partial charge < -0.3 is 14.9 Å². The normalized spacial score (nSPS) is 20.9. The van der Waals surface area contributed by atoms with Gasteiger partial charge in [0.25, 0.3) is 0 Å². The molecule has 1 aliphatic carbocycles. The highest BCUT2D eigenvalue weighted by Crippen LogP contribution is 2.45. The second kappa shape index (κ2) is 13.3. The van der Waals surface area contributed by atoms with Crippen LogP contribution in [0.4, 0.5) is 0 Å². The van der Waals surface area contributed by atoms with Gasteiger partial charge in [-0.3, -0.25) is 0 Å². The van der Waals surface area contributed by atoms with Crippen molar-refractivity contribution in [1.29, 1.82) is 0 Å². The molecule has 0 saturated heterocycles. The topological polar surface area (TPSA) is 49.7 Å². The number of benzene rings is 2. The molecule has 3 rings (SSSR count). The third-order valence-electron chi connectivity index (χ3n) is 7.79. The third kappa shape index (κ3) is 7.58. The van der Waals surface area contributed by atoms with Crippen molar-refractivity contribution in [3.8, 4) is 5.75 Å². The smallest absolute Gasteiger partial charge is 0.123 e. The largest absolute Gasteiger partial charge is 0.489 e. The number of hydrogen-bond acceptors (Lipinski definition) is 3. The van der Waals surface area contributed by atoms with Gasteiger partial charge in [0.1, 0.15) is 12.4 Å². The van der Waals surface area contributed by atoms with Crippen molar-refractivity contribution in [1.82, 2.24) is 0 Å². The molecule has 188 valence electrons. The molecule has 3 nitrogen and oxygen atoms in total. The second-order valence-electron chi connectivity index (χ2n) is 10.9. The molecule has 3 atom stereocenters. The van der Waals surface area contributed by atoms with E-state index in [0.29, 0.717) is 12.5 Å². The number of unbranched alkanes of at least 4 members (excludes halogenated alkanes) is 3. The first kappa shape index (κ1) is 26.8. The predicted molar refractivity (Wildman–Crippen MR) is 141 cm³/mol. The Balaban J connectivity index is 1.88. The predicted octanol–water partition coefficient (Wildman–Crippen LogP) is 7.53. The zero-order valence-electron chi connectivity index (χ0n) is 21.6. The van der Waals surface area contributed by atoms with E-state index in [1.807, 2.05) is 6.07 Å². The molecule has 0 aliphatic heterocycles. The van der Waals surface area contributed by atoms with Gasteiger partial charge in [0.05, 0.1) is 6.10 Å². The van der Waals surface area contributed by atoms with Crippen LogP contribution in [0.3, 0.4) is 0 Å². The van der Waals surface area contributed by atoms with Crippen LogP contribution in [0.1, 0.15) is 108 Å². The summed E-state index contributed by atoms with van der Waals surface area (Å²) in [6, 6.07) is 17.2. The SMILES string of the molecule is CCCCCCC(C)(C)c1ccc([C@@H]2C[C@H](O)CC[C@H]2CCCO)c(OCc2ccccc2)c1. The molecule has 34 heavy (non-hydrogen) atoms. The summed E-state index contributed by atoms with van der Waals surface area (Å²) < 4.78 is 6.51. The van der Waals surface area contributed by atoms with E-state index >= 15 is 0 Å². The van der Waals surface area contributed by atoms with Crippen LogP contribution >= 0.6 is 0 Å². The van der Waals surface area contributed by atoms with Crippen molar-refractivity contribution >= 4 is 0 Å². The molecule has 0 heterocycles. The van der Waals surface area contributed by atoms with Crippen LogP contribution in [0.25, 0.3) is 0 Å². The zero-order valence-corrected chi connectivity index (χ0v) is 21.6. The summed E-state index contributed by atoms with van der Waals surface area (Å²) in [7, 11) is 0. The van der Waals surface area contributed by atoms with Gasteiger partial charge in [0.15, 0.2) is 0 Å². The quantitative estimate of drug-likeness (QED) is 0.300. The fraction of sp³-hybridized carbons (Fsp3) is 0.613. The number of ether oxygens (including phenoxy) is 1. The monoisotopic (exact) mass is 466 g/mol. The second-order valence-corrected chi connectivity index (χ2v) is 10.9. The molecule has 1 saturated carbocycles. The van der Waals surface area contributed by atoms with E-state index in [0.717, 1.165) is 43.4 Å². The average Bonchev–Trinajstić information content (AvgIpc) is 2.85. The minimum atomic E-state index is -0.257. The minimum Gasteiger partial charge on any atom is -0.489 e. The van der Waals surface area contributed by atoms with Crippen LogP contribution in [-0.4, -0.2) is 22.9 Å². The van der Waals surface area contributed by atoms with E-state index in [-0.39, 0.29) is 24.0 Å². The maximum absolute atomic E-state index is 10.5. The van der Waals surface area contributed by atoms with E-state index in [2.05, 4.69) is 63.2 Å². The summed E-state index contributed by atoms with van der Waals surface area (Å²) in [6.07, 6.45) is 10.5. The highest BCUT2D eigenvalue weighted by atomic mass is 16.5. The molecule has 3 heteroatoms. The van der Waals surface area contributed by atoms with Gasteiger partial charge in [-0.25, -0.2) is 0 Å². The Morgan fingerprint density at radius 3 is 2.50 bits per heavy atom. The summed E-state index contributed by atoms with van der Waals surface area (Å²) in [5, 5.41) is 19.9. The van der Waals surface area contributed by atoms with E-state index in [4.69, 9.17) is 4.74 Å². The summed E-state index contributed by atoms with van der Waals surface area (Å²) in [6.45, 7) is 7.74. The Morgan fingerprint density at radius 1 is 0.971 bits per heavy atom. The number of hydrogen-bond donors (Lipinski definition) is 2. The molecule has 0 radical (unpaired) electrons. The lowest BCUT2D eigenvalue weighted by molar-refractivity contribution is 0.0875. The molecule has 2 aromatic carbocycles. The van der Waals surface area contributed by atoms with Crippen molar-refractivity contribution in [2.45, 2.75) is 109 Å². The fourth-order valence-corrected chi connectivity index (χ4v) is 5.55. The first-order valence-corrected chi connectivity index (χ1v) is 13.5. The van der Waals surface area contributed by atoms with Gasteiger partial charge in [-0.15, -0.1) is 0 Å². The average molecular weight is 467 g/mol. The summed E-state index contributed by atoms with van der Waals surface area (Å²) >= 11 is 0. The van der Waals surface area contributed by atoms with Crippen molar-refractivity contribution in [3.05, 3.63) is 65.2 Å². The molecule has 2 aromatic rings. The summed E-state index contributed by atoms with van der Waals surface area (Å²) in [5.41, 5.74) is 3.82. The van der Waals surface area contributed by atoms with Crippen LogP contribution in [0.15, 0.2) is 48.5 Å². The molecule has 1 fully saturated rings. The van der Waals surface area contributed by atoms with Gasteiger partial charge in [-0.2, -0.15) is 0 Å². The van der Waals surface area contributed by atoms with Crippen LogP contribution in [0, 0.1) is 5.92 Å². The molecule has 0 unspecified atom stereocenters. The van der Waals surface area contributed by atoms with E-state index < -0.39 is 0 Å².